The molecular formula is C12H19NO2S. The molecule has 0 N–H and O–H groups in total. The second-order valence-corrected chi connectivity index (χ2v) is 4.94. The third-order valence-electron chi connectivity index (χ3n) is 2.71. The van der Waals surface area contributed by atoms with E-state index in [0.29, 0.717) is 19.4 Å². The van der Waals surface area contributed by atoms with E-state index in [1.54, 1.807) is 0 Å². The van der Waals surface area contributed by atoms with Gasteiger partial charge in [0.25, 0.3) is 0 Å². The number of hydrogen-bond donors (Lipinski definition) is 0. The normalized spacial score (nSPS) is 14.8. The number of ether oxygens (including phenoxy) is 1. The third kappa shape index (κ3) is 3.12. The fourth-order valence-corrected chi connectivity index (χ4v) is 2.28. The first-order valence-corrected chi connectivity index (χ1v) is 6.48. The maximum absolute atomic E-state index is 12.1. The van der Waals surface area contributed by atoms with E-state index in [-0.39, 0.29) is 5.78 Å². The van der Waals surface area contributed by atoms with Crippen molar-refractivity contribution in [3.05, 3.63) is 16.1 Å². The molecule has 16 heavy (non-hydrogen) atoms. The molecule has 0 aliphatic heterocycles. The largest absolute Gasteiger partial charge is 0.368 e. The molecule has 0 aliphatic carbocycles. The van der Waals surface area contributed by atoms with Crippen LogP contribution in [0.1, 0.15) is 37.9 Å². The summed E-state index contributed by atoms with van der Waals surface area (Å²) >= 11 is 1.54. The molecule has 0 saturated carbocycles. The van der Waals surface area contributed by atoms with Gasteiger partial charge in [-0.1, -0.05) is 6.92 Å². The van der Waals surface area contributed by atoms with Gasteiger partial charge in [0.05, 0.1) is 6.42 Å². The van der Waals surface area contributed by atoms with Crippen molar-refractivity contribution < 1.29 is 9.53 Å². The maximum Gasteiger partial charge on any atom is 0.171 e. The summed E-state index contributed by atoms with van der Waals surface area (Å²) in [6, 6.07) is 0. The number of nitrogens with zero attached hydrogens (tertiary/aromatic N) is 1. The van der Waals surface area contributed by atoms with Crippen molar-refractivity contribution in [3.63, 3.8) is 0 Å². The summed E-state index contributed by atoms with van der Waals surface area (Å²) in [6.45, 7) is 8.24. The first-order valence-electron chi connectivity index (χ1n) is 5.60. The van der Waals surface area contributed by atoms with Crippen molar-refractivity contribution in [2.24, 2.45) is 0 Å². The minimum atomic E-state index is -0.658. The van der Waals surface area contributed by atoms with Crippen molar-refractivity contribution >= 4 is 17.1 Å². The van der Waals surface area contributed by atoms with Gasteiger partial charge in [-0.25, -0.2) is 4.98 Å². The summed E-state index contributed by atoms with van der Waals surface area (Å²) < 4.78 is 5.55. The summed E-state index contributed by atoms with van der Waals surface area (Å²) in [5.41, 5.74) is 0.316. The average Bonchev–Trinajstić information content (AvgIpc) is 2.64. The van der Waals surface area contributed by atoms with E-state index < -0.39 is 5.60 Å². The molecule has 0 bridgehead atoms. The molecule has 1 heterocycles. The van der Waals surface area contributed by atoms with Gasteiger partial charge in [0.2, 0.25) is 0 Å². The number of ketones is 1. The summed E-state index contributed by atoms with van der Waals surface area (Å²) in [4.78, 5) is 16.4. The molecule has 0 amide bonds. The van der Waals surface area contributed by atoms with E-state index in [9.17, 15) is 4.79 Å². The van der Waals surface area contributed by atoms with Crippen molar-refractivity contribution in [1.82, 2.24) is 4.98 Å². The van der Waals surface area contributed by atoms with Gasteiger partial charge in [0.1, 0.15) is 10.6 Å². The third-order valence-corrected chi connectivity index (χ3v) is 3.67. The lowest BCUT2D eigenvalue weighted by Gasteiger charge is -2.26. The lowest BCUT2D eigenvalue weighted by atomic mass is 9.95. The lowest BCUT2D eigenvalue weighted by molar-refractivity contribution is -0.141. The van der Waals surface area contributed by atoms with Gasteiger partial charge >= 0.3 is 0 Å². The van der Waals surface area contributed by atoms with Gasteiger partial charge in [-0.05, 0) is 27.2 Å². The van der Waals surface area contributed by atoms with Crippen LogP contribution in [-0.2, 0) is 16.0 Å². The molecule has 0 saturated heterocycles. The van der Waals surface area contributed by atoms with Crippen LogP contribution < -0.4 is 0 Å². The molecule has 1 rings (SSSR count). The SMILES string of the molecule is CCOC(C)(CC)C(=O)Cc1nc(C)cs1. The highest BCUT2D eigenvalue weighted by atomic mass is 32.1. The van der Waals surface area contributed by atoms with Crippen molar-refractivity contribution in [1.29, 1.82) is 0 Å². The second-order valence-electron chi connectivity index (χ2n) is 4.00. The van der Waals surface area contributed by atoms with E-state index in [1.807, 2.05) is 33.1 Å². The number of aromatic nitrogens is 1. The zero-order valence-electron chi connectivity index (χ0n) is 10.4. The molecule has 1 atom stereocenters. The molecule has 0 spiro atoms. The van der Waals surface area contributed by atoms with E-state index in [0.717, 1.165) is 10.7 Å². The van der Waals surface area contributed by atoms with Gasteiger partial charge in [0, 0.05) is 17.7 Å². The molecule has 4 heteroatoms. The van der Waals surface area contributed by atoms with Crippen LogP contribution in [0.4, 0.5) is 0 Å². The van der Waals surface area contributed by atoms with Crippen LogP contribution in [0.5, 0.6) is 0 Å². The van der Waals surface area contributed by atoms with Crippen molar-refractivity contribution in [3.8, 4) is 0 Å². The molecule has 0 radical (unpaired) electrons. The van der Waals surface area contributed by atoms with Crippen LogP contribution in [-0.4, -0.2) is 23.0 Å². The Labute approximate surface area is 101 Å². The zero-order chi connectivity index (χ0) is 12.2. The highest BCUT2D eigenvalue weighted by Gasteiger charge is 2.31. The van der Waals surface area contributed by atoms with Crippen molar-refractivity contribution in [2.45, 2.75) is 46.1 Å². The Bertz CT molecular complexity index is 362. The number of carbonyl (C=O) groups is 1. The van der Waals surface area contributed by atoms with Crippen LogP contribution in [0.15, 0.2) is 5.38 Å². The van der Waals surface area contributed by atoms with E-state index in [2.05, 4.69) is 4.98 Å². The Kier molecular flexibility index (Phi) is 4.62. The molecule has 90 valence electrons. The Balaban J connectivity index is 2.69. The van der Waals surface area contributed by atoms with E-state index in [1.165, 1.54) is 11.3 Å². The van der Waals surface area contributed by atoms with Gasteiger partial charge in [-0.15, -0.1) is 11.3 Å². The minimum Gasteiger partial charge on any atom is -0.368 e. The molecule has 0 aliphatic rings. The van der Waals surface area contributed by atoms with Crippen LogP contribution in [0.3, 0.4) is 0 Å². The second kappa shape index (κ2) is 5.55. The predicted molar refractivity (Wildman–Crippen MR) is 65.9 cm³/mol. The summed E-state index contributed by atoms with van der Waals surface area (Å²) in [6.07, 6.45) is 1.08. The number of hydrogen-bond acceptors (Lipinski definition) is 4. The standard InChI is InChI=1S/C12H19NO2S/c1-5-12(4,15-6-2)10(14)7-11-13-9(3)8-16-11/h8H,5-7H2,1-4H3. The first kappa shape index (κ1) is 13.3. The summed E-state index contributed by atoms with van der Waals surface area (Å²) in [7, 11) is 0. The van der Waals surface area contributed by atoms with E-state index in [4.69, 9.17) is 4.74 Å². The smallest absolute Gasteiger partial charge is 0.171 e. The number of carbonyl (C=O) groups excluding carboxylic acids is 1. The highest BCUT2D eigenvalue weighted by Crippen LogP contribution is 2.20. The summed E-state index contributed by atoms with van der Waals surface area (Å²) in [5.74, 6) is 0.117. The quantitative estimate of drug-likeness (QED) is 0.768. The first-order chi connectivity index (χ1) is 7.51. The molecule has 0 aromatic carbocycles. The minimum absolute atomic E-state index is 0.117. The fourth-order valence-electron chi connectivity index (χ4n) is 1.51. The Hall–Kier alpha value is -0.740. The van der Waals surface area contributed by atoms with Gasteiger partial charge in [-0.3, -0.25) is 4.79 Å². The molecule has 1 unspecified atom stereocenters. The van der Waals surface area contributed by atoms with Crippen molar-refractivity contribution in [2.75, 3.05) is 6.61 Å². The Morgan fingerprint density at radius 3 is 2.69 bits per heavy atom. The highest BCUT2D eigenvalue weighted by molar-refractivity contribution is 7.09. The van der Waals surface area contributed by atoms with Crippen LogP contribution >= 0.6 is 11.3 Å². The molecule has 0 fully saturated rings. The number of Topliss-reactive ketones (excluding diaryl/α,β-unsaturated/α-hetero) is 1. The number of thiazole rings is 1. The molecule has 1 aromatic heterocycles. The van der Waals surface area contributed by atoms with Crippen LogP contribution in [0, 0.1) is 6.92 Å². The summed E-state index contributed by atoms with van der Waals surface area (Å²) in [5, 5.41) is 2.84. The van der Waals surface area contributed by atoms with E-state index >= 15 is 0 Å². The lowest BCUT2D eigenvalue weighted by Crippen LogP contribution is -2.39. The maximum atomic E-state index is 12.1. The number of aryl methyl sites for hydroxylation is 1. The zero-order valence-corrected chi connectivity index (χ0v) is 11.2. The van der Waals surface area contributed by atoms with Crippen LogP contribution in [0.25, 0.3) is 0 Å². The van der Waals surface area contributed by atoms with Gasteiger partial charge < -0.3 is 4.74 Å². The topological polar surface area (TPSA) is 39.2 Å². The Morgan fingerprint density at radius 1 is 1.56 bits per heavy atom. The Morgan fingerprint density at radius 2 is 2.25 bits per heavy atom. The molecule has 1 aromatic rings. The fraction of sp³-hybridized carbons (Fsp3) is 0.667. The predicted octanol–water partition coefficient (Wildman–Crippen LogP) is 2.77. The van der Waals surface area contributed by atoms with Gasteiger partial charge in [-0.2, -0.15) is 0 Å². The monoisotopic (exact) mass is 241 g/mol. The molecular weight excluding hydrogens is 222 g/mol. The average molecular weight is 241 g/mol. The molecule has 3 nitrogen and oxygen atoms in total. The van der Waals surface area contributed by atoms with Crippen LogP contribution in [0.2, 0.25) is 0 Å². The van der Waals surface area contributed by atoms with Gasteiger partial charge in [0.15, 0.2) is 5.78 Å². The number of rotatable bonds is 6.